The van der Waals surface area contributed by atoms with Gasteiger partial charge in [0, 0.05) is 5.39 Å². The molecule has 1 heterocycles. The molecular formula is C24H23NO2. The molecule has 0 unspecified atom stereocenters. The van der Waals surface area contributed by atoms with E-state index in [1.54, 1.807) is 0 Å². The normalized spacial score (nSPS) is 15.3. The molecule has 27 heavy (non-hydrogen) atoms. The molecule has 0 fully saturated rings. The van der Waals surface area contributed by atoms with E-state index < -0.39 is 5.97 Å². The SMILES string of the molecule is CC(C)(C)c1ccc(/C=C2\CCc3c2nc2ccccc2c3C(=O)O)cc1. The van der Waals surface area contributed by atoms with Gasteiger partial charge in [-0.2, -0.15) is 0 Å². The lowest BCUT2D eigenvalue weighted by Crippen LogP contribution is -2.10. The molecule has 1 aliphatic carbocycles. The van der Waals surface area contributed by atoms with Gasteiger partial charge >= 0.3 is 5.97 Å². The molecule has 1 aromatic heterocycles. The molecule has 1 N–H and O–H groups in total. The number of carboxylic acids is 1. The van der Waals surface area contributed by atoms with E-state index in [1.807, 2.05) is 24.3 Å². The highest BCUT2D eigenvalue weighted by Crippen LogP contribution is 2.37. The van der Waals surface area contributed by atoms with Gasteiger partial charge in [-0.3, -0.25) is 0 Å². The fraction of sp³-hybridized carbons (Fsp3) is 0.250. The summed E-state index contributed by atoms with van der Waals surface area (Å²) in [4.78, 5) is 16.7. The van der Waals surface area contributed by atoms with Crippen LogP contribution in [0.1, 0.15) is 59.9 Å². The Bertz CT molecular complexity index is 1070. The number of pyridine rings is 1. The van der Waals surface area contributed by atoms with Crippen molar-refractivity contribution in [1.29, 1.82) is 0 Å². The fourth-order valence-electron chi connectivity index (χ4n) is 3.80. The van der Waals surface area contributed by atoms with Gasteiger partial charge in [0.05, 0.1) is 16.8 Å². The lowest BCUT2D eigenvalue weighted by Gasteiger charge is -2.18. The molecule has 3 nitrogen and oxygen atoms in total. The van der Waals surface area contributed by atoms with Crippen LogP contribution in [0.25, 0.3) is 22.6 Å². The number of carboxylic acid groups (broad SMARTS) is 1. The number of hydrogen-bond donors (Lipinski definition) is 1. The maximum absolute atomic E-state index is 11.9. The van der Waals surface area contributed by atoms with Gasteiger partial charge in [0.25, 0.3) is 0 Å². The molecule has 0 bridgehead atoms. The summed E-state index contributed by atoms with van der Waals surface area (Å²) in [5.41, 5.74) is 6.51. The number of benzene rings is 2. The van der Waals surface area contributed by atoms with E-state index in [4.69, 9.17) is 4.98 Å². The van der Waals surface area contributed by atoms with E-state index in [0.717, 1.165) is 46.1 Å². The van der Waals surface area contributed by atoms with Crippen molar-refractivity contribution < 1.29 is 9.90 Å². The number of allylic oxidation sites excluding steroid dienone is 1. The predicted octanol–water partition coefficient (Wildman–Crippen LogP) is 5.72. The minimum absolute atomic E-state index is 0.127. The standard InChI is InChI=1S/C24H23NO2/c1-24(2,3)17-11-8-15(9-12-17)14-16-10-13-19-21(23(26)27)18-6-4-5-7-20(18)25-22(16)19/h4-9,11-12,14H,10,13H2,1-3H3,(H,26,27)/b16-14+. The first kappa shape index (κ1) is 17.5. The quantitative estimate of drug-likeness (QED) is 0.638. The summed E-state index contributed by atoms with van der Waals surface area (Å²) in [6.45, 7) is 6.61. The second-order valence-corrected chi connectivity index (χ2v) is 8.18. The van der Waals surface area contributed by atoms with E-state index in [1.165, 1.54) is 5.56 Å². The second-order valence-electron chi connectivity index (χ2n) is 8.18. The Hall–Kier alpha value is -2.94. The van der Waals surface area contributed by atoms with Gasteiger partial charge in [0.1, 0.15) is 0 Å². The Morgan fingerprint density at radius 3 is 2.41 bits per heavy atom. The van der Waals surface area contributed by atoms with Crippen LogP contribution in [0.4, 0.5) is 0 Å². The molecule has 0 saturated heterocycles. The van der Waals surface area contributed by atoms with Gasteiger partial charge in [-0.25, -0.2) is 9.78 Å². The maximum atomic E-state index is 11.9. The van der Waals surface area contributed by atoms with E-state index in [0.29, 0.717) is 5.56 Å². The van der Waals surface area contributed by atoms with Gasteiger partial charge in [-0.05, 0) is 52.7 Å². The Labute approximate surface area is 159 Å². The molecule has 1 aliphatic rings. The summed E-state index contributed by atoms with van der Waals surface area (Å²) in [6, 6.07) is 16.1. The third kappa shape index (κ3) is 3.14. The summed E-state index contributed by atoms with van der Waals surface area (Å²) in [6.07, 6.45) is 3.69. The summed E-state index contributed by atoms with van der Waals surface area (Å²) in [5, 5.41) is 10.5. The van der Waals surface area contributed by atoms with Crippen molar-refractivity contribution in [1.82, 2.24) is 4.98 Å². The monoisotopic (exact) mass is 357 g/mol. The molecular weight excluding hydrogens is 334 g/mol. The number of para-hydroxylation sites is 1. The number of aromatic nitrogens is 1. The van der Waals surface area contributed by atoms with Gasteiger partial charge in [-0.1, -0.05) is 63.2 Å². The van der Waals surface area contributed by atoms with Crippen molar-refractivity contribution in [3.8, 4) is 0 Å². The van der Waals surface area contributed by atoms with Crippen LogP contribution < -0.4 is 0 Å². The summed E-state index contributed by atoms with van der Waals surface area (Å²) in [5.74, 6) is -0.874. The van der Waals surface area contributed by atoms with Crippen molar-refractivity contribution in [2.24, 2.45) is 0 Å². The highest BCUT2D eigenvalue weighted by Gasteiger charge is 2.26. The van der Waals surface area contributed by atoms with Crippen molar-refractivity contribution in [3.05, 3.63) is 76.5 Å². The molecule has 0 atom stereocenters. The van der Waals surface area contributed by atoms with Gasteiger partial charge in [-0.15, -0.1) is 0 Å². The van der Waals surface area contributed by atoms with Crippen molar-refractivity contribution in [2.45, 2.75) is 39.0 Å². The first-order valence-corrected chi connectivity index (χ1v) is 9.31. The van der Waals surface area contributed by atoms with Crippen LogP contribution in [0.3, 0.4) is 0 Å². The number of nitrogens with zero attached hydrogens (tertiary/aromatic N) is 1. The zero-order valence-corrected chi connectivity index (χ0v) is 15.9. The van der Waals surface area contributed by atoms with Crippen molar-refractivity contribution >= 4 is 28.5 Å². The lowest BCUT2D eigenvalue weighted by atomic mass is 9.86. The summed E-state index contributed by atoms with van der Waals surface area (Å²) >= 11 is 0. The first-order chi connectivity index (χ1) is 12.8. The highest BCUT2D eigenvalue weighted by atomic mass is 16.4. The number of aromatic carboxylic acids is 1. The highest BCUT2D eigenvalue weighted by molar-refractivity contribution is 6.06. The van der Waals surface area contributed by atoms with Crippen LogP contribution in [0, 0.1) is 0 Å². The van der Waals surface area contributed by atoms with Gasteiger partial charge < -0.3 is 5.11 Å². The minimum Gasteiger partial charge on any atom is -0.478 e. The summed E-state index contributed by atoms with van der Waals surface area (Å²) in [7, 11) is 0. The first-order valence-electron chi connectivity index (χ1n) is 9.31. The molecule has 3 heteroatoms. The van der Waals surface area contributed by atoms with Gasteiger partial charge in [0.2, 0.25) is 0 Å². The van der Waals surface area contributed by atoms with Crippen LogP contribution in [0.15, 0.2) is 48.5 Å². The maximum Gasteiger partial charge on any atom is 0.336 e. The average Bonchev–Trinajstić information content (AvgIpc) is 3.01. The van der Waals surface area contributed by atoms with Gasteiger partial charge in [0.15, 0.2) is 0 Å². The van der Waals surface area contributed by atoms with E-state index in [9.17, 15) is 9.90 Å². The Kier molecular flexibility index (Phi) is 4.11. The van der Waals surface area contributed by atoms with Crippen molar-refractivity contribution in [3.63, 3.8) is 0 Å². The summed E-state index contributed by atoms with van der Waals surface area (Å²) < 4.78 is 0. The van der Waals surface area contributed by atoms with Crippen LogP contribution in [0.5, 0.6) is 0 Å². The van der Waals surface area contributed by atoms with E-state index in [2.05, 4.69) is 51.1 Å². The zero-order chi connectivity index (χ0) is 19.2. The number of carbonyl (C=O) groups is 1. The molecule has 0 spiro atoms. The smallest absolute Gasteiger partial charge is 0.336 e. The Morgan fingerprint density at radius 2 is 1.74 bits per heavy atom. The molecule has 0 radical (unpaired) electrons. The van der Waals surface area contributed by atoms with Crippen molar-refractivity contribution in [2.75, 3.05) is 0 Å². The minimum atomic E-state index is -0.874. The molecule has 3 aromatic rings. The number of rotatable bonds is 2. The third-order valence-electron chi connectivity index (χ3n) is 5.27. The fourth-order valence-corrected chi connectivity index (χ4v) is 3.80. The molecule has 136 valence electrons. The molecule has 0 aliphatic heterocycles. The topological polar surface area (TPSA) is 50.2 Å². The number of hydrogen-bond acceptors (Lipinski definition) is 2. The average molecular weight is 357 g/mol. The Balaban J connectivity index is 1.82. The Morgan fingerprint density at radius 1 is 1.04 bits per heavy atom. The molecule has 2 aromatic carbocycles. The van der Waals surface area contributed by atoms with Crippen LogP contribution in [-0.2, 0) is 11.8 Å². The third-order valence-corrected chi connectivity index (χ3v) is 5.27. The van der Waals surface area contributed by atoms with Crippen LogP contribution >= 0.6 is 0 Å². The second kappa shape index (κ2) is 6.34. The molecule has 0 saturated carbocycles. The largest absolute Gasteiger partial charge is 0.478 e. The lowest BCUT2D eigenvalue weighted by molar-refractivity contribution is 0.0698. The predicted molar refractivity (Wildman–Crippen MR) is 110 cm³/mol. The van der Waals surface area contributed by atoms with Crippen LogP contribution in [0.2, 0.25) is 0 Å². The molecule has 0 amide bonds. The number of fused-ring (bicyclic) bond motifs is 2. The van der Waals surface area contributed by atoms with E-state index >= 15 is 0 Å². The zero-order valence-electron chi connectivity index (χ0n) is 15.9. The van der Waals surface area contributed by atoms with Crippen LogP contribution in [-0.4, -0.2) is 16.1 Å². The molecule has 4 rings (SSSR count). The van der Waals surface area contributed by atoms with E-state index in [-0.39, 0.29) is 5.41 Å².